The van der Waals surface area contributed by atoms with Gasteiger partial charge in [-0.15, -0.1) is 0 Å². The van der Waals surface area contributed by atoms with Crippen molar-refractivity contribution < 1.29 is 0 Å². The molecule has 0 bridgehead atoms. The van der Waals surface area contributed by atoms with E-state index in [2.05, 4.69) is 34.8 Å². The van der Waals surface area contributed by atoms with Crippen LogP contribution < -0.4 is 0 Å². The van der Waals surface area contributed by atoms with Crippen LogP contribution in [0.4, 0.5) is 0 Å². The molecule has 0 aliphatic carbocycles. The number of rotatable bonds is 8. The van der Waals surface area contributed by atoms with Crippen LogP contribution in [0.15, 0.2) is 5.11 Å². The van der Waals surface area contributed by atoms with Crippen molar-refractivity contribution >= 4 is 0 Å². The topological polar surface area (TPSA) is 75.8 Å². The molecule has 0 aromatic heterocycles. The zero-order chi connectivity index (χ0) is 11.5. The van der Waals surface area contributed by atoms with E-state index in [0.29, 0.717) is 18.9 Å². The molecule has 0 saturated heterocycles. The van der Waals surface area contributed by atoms with E-state index in [0.717, 1.165) is 26.1 Å². The number of hydrogen-bond acceptors (Lipinski definition) is 3. The van der Waals surface area contributed by atoms with Crippen molar-refractivity contribution in [3.05, 3.63) is 10.4 Å². The van der Waals surface area contributed by atoms with Crippen molar-refractivity contribution in [1.82, 2.24) is 4.90 Å². The first-order chi connectivity index (χ1) is 7.20. The Morgan fingerprint density at radius 1 is 1.47 bits per heavy atom. The molecule has 0 rings (SSSR count). The summed E-state index contributed by atoms with van der Waals surface area (Å²) in [5, 5.41) is 12.0. The summed E-state index contributed by atoms with van der Waals surface area (Å²) in [6.07, 6.45) is 1.43. The molecule has 0 aliphatic heterocycles. The normalized spacial score (nSPS) is 10.1. The standard InChI is InChI=1S/C10H19N5/c1-10(2)9-15(7-3-5-11)8-4-6-13-14-12/h10H,3-4,6-9H2,1-2H3. The third-order valence-corrected chi connectivity index (χ3v) is 1.96. The monoisotopic (exact) mass is 209 g/mol. The highest BCUT2D eigenvalue weighted by molar-refractivity contribution is 4.73. The summed E-state index contributed by atoms with van der Waals surface area (Å²) in [5.41, 5.74) is 8.12. The summed E-state index contributed by atoms with van der Waals surface area (Å²) in [4.78, 5) is 4.96. The van der Waals surface area contributed by atoms with E-state index in [9.17, 15) is 0 Å². The lowest BCUT2D eigenvalue weighted by molar-refractivity contribution is 0.248. The fraction of sp³-hybridized carbons (Fsp3) is 0.900. The first-order valence-electron chi connectivity index (χ1n) is 5.31. The highest BCUT2D eigenvalue weighted by Gasteiger charge is 2.05. The van der Waals surface area contributed by atoms with Gasteiger partial charge in [-0.25, -0.2) is 0 Å². The Morgan fingerprint density at radius 3 is 2.73 bits per heavy atom. The fourth-order valence-electron chi connectivity index (χ4n) is 1.43. The predicted molar refractivity (Wildman–Crippen MR) is 60.1 cm³/mol. The van der Waals surface area contributed by atoms with E-state index in [1.165, 1.54) is 0 Å². The van der Waals surface area contributed by atoms with Crippen molar-refractivity contribution in [1.29, 1.82) is 5.26 Å². The van der Waals surface area contributed by atoms with Gasteiger partial charge < -0.3 is 4.90 Å². The summed E-state index contributed by atoms with van der Waals surface area (Å²) in [6.45, 7) is 7.57. The summed E-state index contributed by atoms with van der Waals surface area (Å²) >= 11 is 0. The maximum atomic E-state index is 8.52. The third-order valence-electron chi connectivity index (χ3n) is 1.96. The molecule has 5 heteroatoms. The Balaban J connectivity index is 3.79. The van der Waals surface area contributed by atoms with Crippen molar-refractivity contribution in [2.45, 2.75) is 26.7 Å². The van der Waals surface area contributed by atoms with Crippen LogP contribution >= 0.6 is 0 Å². The highest BCUT2D eigenvalue weighted by Crippen LogP contribution is 2.01. The minimum Gasteiger partial charge on any atom is -0.302 e. The second kappa shape index (κ2) is 9.32. The molecule has 0 radical (unpaired) electrons. The molecule has 0 aromatic carbocycles. The van der Waals surface area contributed by atoms with Crippen molar-refractivity contribution in [3.63, 3.8) is 0 Å². The summed E-state index contributed by atoms with van der Waals surface area (Å²) in [5.74, 6) is 0.600. The zero-order valence-corrected chi connectivity index (χ0v) is 9.56. The van der Waals surface area contributed by atoms with Crippen LogP contribution in [-0.2, 0) is 0 Å². The van der Waals surface area contributed by atoms with Gasteiger partial charge in [-0.2, -0.15) is 5.26 Å². The summed E-state index contributed by atoms with van der Waals surface area (Å²) in [6, 6.07) is 2.15. The SMILES string of the molecule is CC(C)CN(CCC#N)CCCN=[N+]=[N-]. The number of nitrogens with zero attached hydrogens (tertiary/aromatic N) is 5. The Bertz CT molecular complexity index is 237. The fourth-order valence-corrected chi connectivity index (χ4v) is 1.43. The lowest BCUT2D eigenvalue weighted by Crippen LogP contribution is -2.30. The highest BCUT2D eigenvalue weighted by atomic mass is 15.1. The smallest absolute Gasteiger partial charge is 0.0635 e. The molecule has 84 valence electrons. The Labute approximate surface area is 91.3 Å². The van der Waals surface area contributed by atoms with Crippen LogP contribution in [0.25, 0.3) is 10.4 Å². The Morgan fingerprint density at radius 2 is 2.20 bits per heavy atom. The summed E-state index contributed by atoms with van der Waals surface area (Å²) in [7, 11) is 0. The van der Waals surface area contributed by atoms with Gasteiger partial charge in [0.05, 0.1) is 6.07 Å². The largest absolute Gasteiger partial charge is 0.302 e. The molecule has 0 saturated carbocycles. The van der Waals surface area contributed by atoms with Gasteiger partial charge in [0.2, 0.25) is 0 Å². The molecule has 0 aliphatic rings. The van der Waals surface area contributed by atoms with Crippen LogP contribution in [0.5, 0.6) is 0 Å². The minimum absolute atomic E-state index is 0.539. The molecule has 0 heterocycles. The minimum atomic E-state index is 0.539. The third kappa shape index (κ3) is 9.07. The molecule has 0 fully saturated rings. The van der Waals surface area contributed by atoms with E-state index in [1.54, 1.807) is 0 Å². The van der Waals surface area contributed by atoms with Crippen molar-refractivity contribution in [3.8, 4) is 6.07 Å². The van der Waals surface area contributed by atoms with Gasteiger partial charge in [-0.3, -0.25) is 0 Å². The molecule has 0 spiro atoms. The van der Waals surface area contributed by atoms with Gasteiger partial charge in [0.15, 0.2) is 0 Å². The van der Waals surface area contributed by atoms with Crippen LogP contribution in [0.3, 0.4) is 0 Å². The predicted octanol–water partition coefficient (Wildman–Crippen LogP) is 2.56. The van der Waals surface area contributed by atoms with Crippen LogP contribution in [0.1, 0.15) is 26.7 Å². The molecule has 0 N–H and O–H groups in total. The summed E-state index contributed by atoms with van der Waals surface area (Å²) < 4.78 is 0. The maximum Gasteiger partial charge on any atom is 0.0635 e. The molecule has 0 atom stereocenters. The van der Waals surface area contributed by atoms with Gasteiger partial charge in [0.25, 0.3) is 0 Å². The molecule has 0 aromatic rings. The Hall–Kier alpha value is -1.24. The molecule has 15 heavy (non-hydrogen) atoms. The lowest BCUT2D eigenvalue weighted by atomic mass is 10.2. The first-order valence-corrected chi connectivity index (χ1v) is 5.31. The number of hydrogen-bond donors (Lipinski definition) is 0. The number of nitriles is 1. The average Bonchev–Trinajstić information content (AvgIpc) is 2.19. The number of azide groups is 1. The second-order valence-electron chi connectivity index (χ2n) is 3.91. The van der Waals surface area contributed by atoms with Gasteiger partial charge in [0.1, 0.15) is 0 Å². The molecular weight excluding hydrogens is 190 g/mol. The molecule has 0 unspecified atom stereocenters. The molecule has 0 amide bonds. The van der Waals surface area contributed by atoms with E-state index >= 15 is 0 Å². The van der Waals surface area contributed by atoms with Crippen LogP contribution in [0, 0.1) is 17.2 Å². The van der Waals surface area contributed by atoms with Gasteiger partial charge in [-0.05, 0) is 24.4 Å². The lowest BCUT2D eigenvalue weighted by Gasteiger charge is -2.22. The molecule has 5 nitrogen and oxygen atoms in total. The second-order valence-corrected chi connectivity index (χ2v) is 3.91. The van der Waals surface area contributed by atoms with E-state index < -0.39 is 0 Å². The molecular formula is C10H19N5. The van der Waals surface area contributed by atoms with E-state index in [4.69, 9.17) is 10.8 Å². The van der Waals surface area contributed by atoms with Crippen LogP contribution in [-0.4, -0.2) is 31.1 Å². The maximum absolute atomic E-state index is 8.52. The van der Waals surface area contributed by atoms with Gasteiger partial charge >= 0.3 is 0 Å². The average molecular weight is 209 g/mol. The van der Waals surface area contributed by atoms with Crippen LogP contribution in [0.2, 0.25) is 0 Å². The first kappa shape index (κ1) is 13.8. The van der Waals surface area contributed by atoms with E-state index in [1.807, 2.05) is 0 Å². The van der Waals surface area contributed by atoms with Gasteiger partial charge in [0, 0.05) is 31.0 Å². The van der Waals surface area contributed by atoms with Gasteiger partial charge in [-0.1, -0.05) is 19.0 Å². The van der Waals surface area contributed by atoms with Crippen molar-refractivity contribution in [2.75, 3.05) is 26.2 Å². The zero-order valence-electron chi connectivity index (χ0n) is 9.56. The van der Waals surface area contributed by atoms with E-state index in [-0.39, 0.29) is 0 Å². The van der Waals surface area contributed by atoms with Crippen molar-refractivity contribution in [2.24, 2.45) is 11.0 Å². The quantitative estimate of drug-likeness (QED) is 0.266. The Kier molecular flexibility index (Phi) is 8.55.